The van der Waals surface area contributed by atoms with Crippen LogP contribution in [0.1, 0.15) is 13.8 Å². The van der Waals surface area contributed by atoms with Gasteiger partial charge in [-0.25, -0.2) is 0 Å². The molecule has 0 aliphatic carbocycles. The molecule has 2 rings (SSSR count). The van der Waals surface area contributed by atoms with Crippen LogP contribution in [0.5, 0.6) is 0 Å². The number of amides is 1. The average Bonchev–Trinajstić information content (AvgIpc) is 2.76. The second-order valence-electron chi connectivity index (χ2n) is 8.12. The highest BCUT2D eigenvalue weighted by Crippen LogP contribution is 2.29. The van der Waals surface area contributed by atoms with Gasteiger partial charge in [-0.15, -0.1) is 0 Å². The molecule has 0 radical (unpaired) electrons. The molecular formula is C19H29F3N6O7. The molecule has 1 amide bonds. The van der Waals surface area contributed by atoms with E-state index in [4.69, 9.17) is 24.5 Å². The van der Waals surface area contributed by atoms with Crippen molar-refractivity contribution in [2.24, 2.45) is 5.11 Å². The summed E-state index contributed by atoms with van der Waals surface area (Å²) in [5.41, 5.74) is 8.69. The summed E-state index contributed by atoms with van der Waals surface area (Å²) in [5.74, 6) is -4.11. The van der Waals surface area contributed by atoms with Gasteiger partial charge in [-0.1, -0.05) is 5.11 Å². The Labute approximate surface area is 199 Å². The van der Waals surface area contributed by atoms with Crippen molar-refractivity contribution < 1.29 is 46.5 Å². The summed E-state index contributed by atoms with van der Waals surface area (Å²) in [4.78, 5) is 42.0. The molecule has 0 bridgehead atoms. The predicted molar refractivity (Wildman–Crippen MR) is 112 cm³/mol. The number of hydrogen-bond acceptors (Lipinski definition) is 10. The van der Waals surface area contributed by atoms with E-state index in [0.717, 1.165) is 40.0 Å². The van der Waals surface area contributed by atoms with Gasteiger partial charge in [0.15, 0.2) is 18.5 Å². The van der Waals surface area contributed by atoms with E-state index in [9.17, 15) is 27.6 Å². The molecule has 16 heteroatoms. The van der Waals surface area contributed by atoms with E-state index in [1.54, 1.807) is 5.32 Å². The van der Waals surface area contributed by atoms with Gasteiger partial charge >= 0.3 is 24.0 Å². The van der Waals surface area contributed by atoms with Crippen molar-refractivity contribution in [1.82, 2.24) is 15.1 Å². The van der Waals surface area contributed by atoms with Crippen LogP contribution in [0.3, 0.4) is 0 Å². The van der Waals surface area contributed by atoms with E-state index in [-0.39, 0.29) is 6.61 Å². The highest BCUT2D eigenvalue weighted by Gasteiger charge is 2.53. The highest BCUT2D eigenvalue weighted by atomic mass is 19.4. The third-order valence-corrected chi connectivity index (χ3v) is 5.42. The zero-order valence-electron chi connectivity index (χ0n) is 19.6. The number of carbonyl (C=O) groups is 3. The van der Waals surface area contributed by atoms with Crippen LogP contribution in [0, 0.1) is 0 Å². The van der Waals surface area contributed by atoms with Crippen LogP contribution in [0.15, 0.2) is 5.11 Å². The van der Waals surface area contributed by atoms with E-state index in [1.165, 1.54) is 0 Å². The molecule has 35 heavy (non-hydrogen) atoms. The van der Waals surface area contributed by atoms with Gasteiger partial charge in [0.1, 0.15) is 12.1 Å². The van der Waals surface area contributed by atoms with E-state index in [0.29, 0.717) is 6.54 Å². The molecule has 0 aromatic heterocycles. The molecule has 198 valence electrons. The molecule has 1 N–H and O–H groups in total. The smallest absolute Gasteiger partial charge is 0.456 e. The van der Waals surface area contributed by atoms with Gasteiger partial charge in [0, 0.05) is 51.5 Å². The lowest BCUT2D eigenvalue weighted by Crippen LogP contribution is -2.67. The molecule has 2 saturated heterocycles. The predicted octanol–water partition coefficient (Wildman–Crippen LogP) is 0.196. The second-order valence-corrected chi connectivity index (χ2v) is 8.12. The fourth-order valence-corrected chi connectivity index (χ4v) is 3.73. The van der Waals surface area contributed by atoms with Gasteiger partial charge in [0.2, 0.25) is 0 Å². The normalized spacial score (nSPS) is 28.0. The number of azide groups is 1. The Bertz CT molecular complexity index is 802. The molecule has 2 aliphatic rings. The monoisotopic (exact) mass is 510 g/mol. The maximum Gasteiger partial charge on any atom is 0.471 e. The van der Waals surface area contributed by atoms with Gasteiger partial charge in [-0.3, -0.25) is 19.3 Å². The van der Waals surface area contributed by atoms with E-state index in [2.05, 4.69) is 19.8 Å². The Hall–Kier alpha value is -2.65. The topological polar surface area (TPSA) is 155 Å². The third-order valence-electron chi connectivity index (χ3n) is 5.42. The number of nitrogens with zero attached hydrogens (tertiary/aromatic N) is 5. The first kappa shape index (κ1) is 28.6. The molecular weight excluding hydrogens is 481 g/mol. The van der Waals surface area contributed by atoms with Gasteiger partial charge < -0.3 is 29.2 Å². The minimum Gasteiger partial charge on any atom is -0.456 e. The van der Waals surface area contributed by atoms with Crippen molar-refractivity contribution in [2.75, 3.05) is 52.9 Å². The average molecular weight is 510 g/mol. The number of rotatable bonds is 9. The zero-order valence-corrected chi connectivity index (χ0v) is 19.6. The molecule has 2 fully saturated rings. The van der Waals surface area contributed by atoms with Crippen LogP contribution in [0.4, 0.5) is 13.2 Å². The van der Waals surface area contributed by atoms with E-state index in [1.807, 2.05) is 7.05 Å². The first-order valence-electron chi connectivity index (χ1n) is 10.8. The molecule has 13 nitrogen and oxygen atoms in total. The van der Waals surface area contributed by atoms with Gasteiger partial charge in [-0.05, 0) is 12.6 Å². The fourth-order valence-electron chi connectivity index (χ4n) is 3.73. The van der Waals surface area contributed by atoms with Crippen LogP contribution in [0.25, 0.3) is 10.4 Å². The third kappa shape index (κ3) is 8.81. The number of hydrogen-bond donors (Lipinski definition) is 1. The largest absolute Gasteiger partial charge is 0.471 e. The molecule has 0 unspecified atom stereocenters. The Morgan fingerprint density at radius 2 is 1.71 bits per heavy atom. The Kier molecular flexibility index (Phi) is 10.5. The van der Waals surface area contributed by atoms with Crippen molar-refractivity contribution in [3.63, 3.8) is 0 Å². The lowest BCUT2D eigenvalue weighted by molar-refractivity contribution is -0.271. The fraction of sp³-hybridized carbons (Fsp3) is 0.842. The van der Waals surface area contributed by atoms with Crippen LogP contribution < -0.4 is 5.32 Å². The van der Waals surface area contributed by atoms with Crippen LogP contribution in [-0.4, -0.2) is 117 Å². The van der Waals surface area contributed by atoms with Crippen LogP contribution in [-0.2, 0) is 33.3 Å². The summed E-state index contributed by atoms with van der Waals surface area (Å²) >= 11 is 0. The molecule has 0 spiro atoms. The molecule has 2 heterocycles. The number of halogens is 3. The lowest BCUT2D eigenvalue weighted by atomic mass is 9.95. The first-order valence-corrected chi connectivity index (χ1v) is 10.8. The highest BCUT2D eigenvalue weighted by molar-refractivity contribution is 5.82. The minimum atomic E-state index is -5.26. The summed E-state index contributed by atoms with van der Waals surface area (Å²) in [5, 5.41) is 5.11. The number of ether oxygens (including phenoxy) is 4. The Morgan fingerprint density at radius 3 is 2.26 bits per heavy atom. The molecule has 0 saturated carbocycles. The Balaban J connectivity index is 2.29. The number of nitrogens with one attached hydrogen (secondary N) is 1. The van der Waals surface area contributed by atoms with Gasteiger partial charge in [0.05, 0.1) is 13.2 Å². The minimum absolute atomic E-state index is 0.00598. The van der Waals surface area contributed by atoms with Gasteiger partial charge in [0.25, 0.3) is 0 Å². The van der Waals surface area contributed by atoms with Crippen LogP contribution in [0.2, 0.25) is 0 Å². The number of likely N-dealkylation sites (N-methyl/N-ethyl adjacent to an activating group) is 1. The van der Waals surface area contributed by atoms with Crippen molar-refractivity contribution in [2.45, 2.75) is 50.7 Å². The van der Waals surface area contributed by atoms with E-state index < -0.39 is 61.2 Å². The zero-order chi connectivity index (χ0) is 26.2. The Morgan fingerprint density at radius 1 is 1.11 bits per heavy atom. The van der Waals surface area contributed by atoms with Crippen molar-refractivity contribution in [3.05, 3.63) is 10.4 Å². The first-order chi connectivity index (χ1) is 16.4. The maximum atomic E-state index is 13.0. The summed E-state index contributed by atoms with van der Waals surface area (Å²) < 4.78 is 60.8. The quantitative estimate of drug-likeness (QED) is 0.198. The number of alkyl halides is 3. The summed E-state index contributed by atoms with van der Waals surface area (Å²) in [6.07, 6.45) is -11.1. The summed E-state index contributed by atoms with van der Waals surface area (Å²) in [6, 6.07) is -1.69. The SMILES string of the molecule is CC(=O)O[C@@H]1[C@@H](NC(=O)C(F)(F)F)[C@H](OCCN2CCN(C)CC2)O[C@H](CN=[N+]=[N-])[C@H]1OC(C)=O. The molecule has 0 aromatic rings. The number of piperazine rings is 1. The number of carbonyl (C=O) groups excluding carboxylic acids is 3. The number of esters is 2. The standard InChI is InChI=1S/C19H29F3N6O7/c1-11(29)33-15-13(10-24-26-23)35-17(32-9-8-28-6-4-27(3)5-7-28)14(16(15)34-12(2)30)25-18(31)19(20,21)22/h13-17H,4-10H2,1-3H3,(H,25,31)/t13-,14-,15-,16-,17-/m1/s1. The van der Waals surface area contributed by atoms with Crippen LogP contribution >= 0.6 is 0 Å². The van der Waals surface area contributed by atoms with Crippen molar-refractivity contribution in [3.8, 4) is 0 Å². The van der Waals surface area contributed by atoms with Crippen molar-refractivity contribution >= 4 is 17.8 Å². The molecule has 2 aliphatic heterocycles. The summed E-state index contributed by atoms with van der Waals surface area (Å²) in [6.45, 7) is 5.20. The molecule has 5 atom stereocenters. The lowest BCUT2D eigenvalue weighted by Gasteiger charge is -2.45. The van der Waals surface area contributed by atoms with E-state index >= 15 is 0 Å². The summed E-state index contributed by atoms with van der Waals surface area (Å²) in [7, 11) is 1.98. The maximum absolute atomic E-state index is 13.0. The van der Waals surface area contributed by atoms with Crippen molar-refractivity contribution in [1.29, 1.82) is 0 Å². The van der Waals surface area contributed by atoms with Gasteiger partial charge in [-0.2, -0.15) is 13.2 Å². The molecule has 0 aromatic carbocycles. The second kappa shape index (κ2) is 12.9.